The quantitative estimate of drug-likeness (QED) is 0.370. The molecule has 1 aliphatic rings. The zero-order chi connectivity index (χ0) is 21.3. The lowest BCUT2D eigenvalue weighted by Gasteiger charge is -2.27. The lowest BCUT2D eigenvalue weighted by atomic mass is 10.1. The van der Waals surface area contributed by atoms with Gasteiger partial charge in [-0.1, -0.05) is 86.8 Å². The van der Waals surface area contributed by atoms with Gasteiger partial charge in [0, 0.05) is 11.3 Å². The van der Waals surface area contributed by atoms with Gasteiger partial charge in [0.05, 0.1) is 12.9 Å². The lowest BCUT2D eigenvalue weighted by Crippen LogP contribution is -2.33. The first-order valence-corrected chi connectivity index (χ1v) is 11.1. The van der Waals surface area contributed by atoms with Gasteiger partial charge in [-0.2, -0.15) is 0 Å². The van der Waals surface area contributed by atoms with Crippen LogP contribution in [0.1, 0.15) is 49.9 Å². The van der Waals surface area contributed by atoms with Gasteiger partial charge in [-0.15, -0.1) is 0 Å². The fourth-order valence-electron chi connectivity index (χ4n) is 3.59. The second-order valence-corrected chi connectivity index (χ2v) is 7.64. The molecule has 4 nitrogen and oxygen atoms in total. The first-order valence-electron chi connectivity index (χ1n) is 11.1. The third kappa shape index (κ3) is 5.40. The van der Waals surface area contributed by atoms with E-state index in [1.807, 2.05) is 59.8 Å². The van der Waals surface area contributed by atoms with Gasteiger partial charge in [-0.25, -0.2) is 9.98 Å². The minimum Gasteiger partial charge on any atom is -0.494 e. The summed E-state index contributed by atoms with van der Waals surface area (Å²) in [5.74, 6) is 1.79. The largest absolute Gasteiger partial charge is 0.494 e. The average Bonchev–Trinajstić information content (AvgIpc) is 2.85. The van der Waals surface area contributed by atoms with Crippen LogP contribution in [-0.4, -0.2) is 18.8 Å². The number of ether oxygens (including phenoxy) is 1. The number of hydrogen-bond donors (Lipinski definition) is 0. The molecule has 1 aliphatic heterocycles. The molecule has 0 N–H and O–H groups in total. The van der Waals surface area contributed by atoms with Crippen LogP contribution in [0.5, 0.6) is 5.75 Å². The van der Waals surface area contributed by atoms with Gasteiger partial charge in [-0.3, -0.25) is 4.90 Å². The van der Waals surface area contributed by atoms with E-state index in [0.717, 1.165) is 41.4 Å². The molecule has 4 heteroatoms. The monoisotopic (exact) mass is 411 g/mol. The summed E-state index contributed by atoms with van der Waals surface area (Å²) >= 11 is 0. The van der Waals surface area contributed by atoms with Crippen molar-refractivity contribution in [2.24, 2.45) is 9.98 Å². The number of hydrogen-bond acceptors (Lipinski definition) is 4. The zero-order valence-electron chi connectivity index (χ0n) is 18.0. The standard InChI is InChI=1S/C27H29N3O/c1-2-3-4-11-20-31-25-18-16-22(17-19-25)26-28-21-30(24-14-9-6-10-15-24)27(29-26)23-12-7-5-8-13-23/h5-10,12-19,21,26H,2-4,11,20H2,1H3. The van der Waals surface area contributed by atoms with Gasteiger partial charge in [0.1, 0.15) is 11.6 Å². The summed E-state index contributed by atoms with van der Waals surface area (Å²) in [7, 11) is 0. The topological polar surface area (TPSA) is 37.2 Å². The maximum absolute atomic E-state index is 5.88. The van der Waals surface area contributed by atoms with Crippen LogP contribution in [-0.2, 0) is 0 Å². The maximum atomic E-state index is 5.88. The first kappa shape index (κ1) is 20.9. The number of rotatable bonds is 9. The minimum atomic E-state index is -0.270. The molecule has 0 bridgehead atoms. The highest BCUT2D eigenvalue weighted by Gasteiger charge is 2.21. The second-order valence-electron chi connectivity index (χ2n) is 7.64. The molecule has 4 rings (SSSR count). The molecule has 1 atom stereocenters. The number of aliphatic imine (C=N–C) groups is 2. The van der Waals surface area contributed by atoms with Crippen molar-refractivity contribution in [3.8, 4) is 5.75 Å². The Morgan fingerprint density at radius 3 is 2.23 bits per heavy atom. The maximum Gasteiger partial charge on any atom is 0.169 e. The van der Waals surface area contributed by atoms with Crippen LogP contribution in [0, 0.1) is 0 Å². The minimum absolute atomic E-state index is 0.270. The van der Waals surface area contributed by atoms with E-state index in [0.29, 0.717) is 0 Å². The third-order valence-electron chi connectivity index (χ3n) is 5.31. The van der Waals surface area contributed by atoms with Crippen molar-refractivity contribution in [1.82, 2.24) is 0 Å². The Balaban J connectivity index is 1.52. The molecular formula is C27H29N3O. The third-order valence-corrected chi connectivity index (χ3v) is 5.31. The van der Waals surface area contributed by atoms with E-state index in [2.05, 4.69) is 43.3 Å². The van der Waals surface area contributed by atoms with Gasteiger partial charge in [0.2, 0.25) is 0 Å². The molecule has 0 fully saturated rings. The highest BCUT2D eigenvalue weighted by atomic mass is 16.5. The summed E-state index contributed by atoms with van der Waals surface area (Å²) in [6.45, 7) is 2.99. The molecule has 1 heterocycles. The summed E-state index contributed by atoms with van der Waals surface area (Å²) in [5.41, 5.74) is 3.16. The summed E-state index contributed by atoms with van der Waals surface area (Å²) in [6.07, 6.45) is 6.44. The average molecular weight is 412 g/mol. The summed E-state index contributed by atoms with van der Waals surface area (Å²) < 4.78 is 5.88. The fraction of sp³-hybridized carbons (Fsp3) is 0.259. The van der Waals surface area contributed by atoms with Crippen molar-refractivity contribution in [2.75, 3.05) is 11.5 Å². The van der Waals surface area contributed by atoms with E-state index in [1.165, 1.54) is 19.3 Å². The molecule has 0 saturated carbocycles. The summed E-state index contributed by atoms with van der Waals surface area (Å²) in [5, 5.41) is 0. The van der Waals surface area contributed by atoms with Crippen LogP contribution in [0.4, 0.5) is 5.69 Å². The SMILES string of the molecule is CCCCCCOc1ccc(C2N=CN(c3ccccc3)C(c3ccccc3)=N2)cc1. The molecule has 158 valence electrons. The van der Waals surface area contributed by atoms with Gasteiger partial charge in [0.25, 0.3) is 0 Å². The lowest BCUT2D eigenvalue weighted by molar-refractivity contribution is 0.305. The van der Waals surface area contributed by atoms with Gasteiger partial charge in [-0.05, 0) is 36.2 Å². The van der Waals surface area contributed by atoms with Crippen molar-refractivity contribution < 1.29 is 4.74 Å². The molecule has 0 saturated heterocycles. The van der Waals surface area contributed by atoms with Gasteiger partial charge < -0.3 is 4.74 Å². The van der Waals surface area contributed by atoms with E-state index < -0.39 is 0 Å². The van der Waals surface area contributed by atoms with Crippen molar-refractivity contribution >= 4 is 17.9 Å². The van der Waals surface area contributed by atoms with Gasteiger partial charge >= 0.3 is 0 Å². The van der Waals surface area contributed by atoms with Gasteiger partial charge in [0.15, 0.2) is 6.17 Å². The molecule has 1 unspecified atom stereocenters. The Labute approximate surface area is 184 Å². The zero-order valence-corrected chi connectivity index (χ0v) is 18.0. The Bertz CT molecular complexity index is 998. The predicted molar refractivity (Wildman–Crippen MR) is 129 cm³/mol. The Morgan fingerprint density at radius 2 is 1.52 bits per heavy atom. The molecule has 0 amide bonds. The number of amidine groups is 1. The van der Waals surface area contributed by atoms with E-state index >= 15 is 0 Å². The number of anilines is 1. The molecule has 0 aliphatic carbocycles. The van der Waals surface area contributed by atoms with E-state index in [9.17, 15) is 0 Å². The van der Waals surface area contributed by atoms with Crippen molar-refractivity contribution in [3.05, 3.63) is 96.1 Å². The molecular weight excluding hydrogens is 382 g/mol. The van der Waals surface area contributed by atoms with Crippen molar-refractivity contribution in [1.29, 1.82) is 0 Å². The molecule has 31 heavy (non-hydrogen) atoms. The number of para-hydroxylation sites is 1. The Morgan fingerprint density at radius 1 is 0.806 bits per heavy atom. The fourth-order valence-corrected chi connectivity index (χ4v) is 3.59. The molecule has 0 spiro atoms. The molecule has 0 radical (unpaired) electrons. The number of unbranched alkanes of at least 4 members (excludes halogenated alkanes) is 3. The van der Waals surface area contributed by atoms with E-state index in [4.69, 9.17) is 14.7 Å². The molecule has 0 aromatic heterocycles. The molecule has 3 aromatic rings. The summed E-state index contributed by atoms with van der Waals surface area (Å²) in [6, 6.07) is 28.6. The van der Waals surface area contributed by atoms with E-state index in [1.54, 1.807) is 0 Å². The van der Waals surface area contributed by atoms with Crippen LogP contribution in [0.15, 0.2) is 94.9 Å². The Kier molecular flexibility index (Phi) is 7.12. The van der Waals surface area contributed by atoms with Crippen LogP contribution in [0.25, 0.3) is 0 Å². The highest BCUT2D eigenvalue weighted by molar-refractivity contribution is 6.20. The number of nitrogens with zero attached hydrogens (tertiary/aromatic N) is 3. The highest BCUT2D eigenvalue weighted by Crippen LogP contribution is 2.28. The van der Waals surface area contributed by atoms with Crippen LogP contribution >= 0.6 is 0 Å². The smallest absolute Gasteiger partial charge is 0.169 e. The predicted octanol–water partition coefficient (Wildman–Crippen LogP) is 6.64. The van der Waals surface area contributed by atoms with Crippen LogP contribution in [0.3, 0.4) is 0 Å². The molecule has 3 aromatic carbocycles. The number of benzene rings is 3. The van der Waals surface area contributed by atoms with Crippen molar-refractivity contribution in [3.63, 3.8) is 0 Å². The normalized spacial score (nSPS) is 15.6. The van der Waals surface area contributed by atoms with E-state index in [-0.39, 0.29) is 6.17 Å². The van der Waals surface area contributed by atoms with Crippen molar-refractivity contribution in [2.45, 2.75) is 38.8 Å². The van der Waals surface area contributed by atoms with Crippen LogP contribution < -0.4 is 9.64 Å². The van der Waals surface area contributed by atoms with Crippen LogP contribution in [0.2, 0.25) is 0 Å². The first-order chi connectivity index (χ1) is 15.3. The summed E-state index contributed by atoms with van der Waals surface area (Å²) in [4.78, 5) is 11.8. The second kappa shape index (κ2) is 10.6. The Hall–Kier alpha value is -3.40.